The van der Waals surface area contributed by atoms with Crippen molar-refractivity contribution in [1.82, 2.24) is 10.6 Å². The van der Waals surface area contributed by atoms with Gasteiger partial charge in [0.1, 0.15) is 5.60 Å². The molecule has 26 heavy (non-hydrogen) atoms. The number of amides is 2. The van der Waals surface area contributed by atoms with Gasteiger partial charge in [-0.1, -0.05) is 23.7 Å². The molecule has 0 unspecified atom stereocenters. The molecule has 6 heteroatoms. The number of benzene rings is 1. The van der Waals surface area contributed by atoms with E-state index in [1.165, 1.54) is 0 Å². The van der Waals surface area contributed by atoms with Crippen LogP contribution in [0.5, 0.6) is 0 Å². The summed E-state index contributed by atoms with van der Waals surface area (Å²) in [4.78, 5) is 23.9. The molecule has 2 aliphatic rings. The van der Waals surface area contributed by atoms with Gasteiger partial charge in [0.25, 0.3) is 0 Å². The standard InChI is InChI=1S/C20H27ClN2O3/c1-19(2,3)26-18(25)23-16-11-20(12-16)9-15(10-20)22-17(24)8-13-4-6-14(21)7-5-13/h4-7,15-16H,8-12H2,1-3H3,(H,22,24)(H,23,25). The summed E-state index contributed by atoms with van der Waals surface area (Å²) < 4.78 is 5.29. The first-order chi connectivity index (χ1) is 12.1. The summed E-state index contributed by atoms with van der Waals surface area (Å²) in [5.74, 6) is 0.0509. The van der Waals surface area contributed by atoms with Crippen LogP contribution >= 0.6 is 11.6 Å². The molecule has 2 saturated carbocycles. The Hall–Kier alpha value is -1.75. The second kappa shape index (κ2) is 7.10. The first-order valence-electron chi connectivity index (χ1n) is 9.16. The van der Waals surface area contributed by atoms with Gasteiger partial charge in [-0.25, -0.2) is 4.79 Å². The van der Waals surface area contributed by atoms with Crippen molar-refractivity contribution in [3.63, 3.8) is 0 Å². The fraction of sp³-hybridized carbons (Fsp3) is 0.600. The Kier molecular flexibility index (Phi) is 5.20. The molecule has 2 aliphatic carbocycles. The predicted octanol–water partition coefficient (Wildman–Crippen LogP) is 3.83. The maximum atomic E-state index is 12.1. The van der Waals surface area contributed by atoms with Gasteiger partial charge in [-0.15, -0.1) is 0 Å². The van der Waals surface area contributed by atoms with Crippen LogP contribution in [0, 0.1) is 5.41 Å². The molecular weight excluding hydrogens is 352 g/mol. The van der Waals surface area contributed by atoms with Gasteiger partial charge in [0.2, 0.25) is 5.91 Å². The minimum Gasteiger partial charge on any atom is -0.444 e. The van der Waals surface area contributed by atoms with Crippen molar-refractivity contribution in [2.45, 2.75) is 70.6 Å². The van der Waals surface area contributed by atoms with Crippen LogP contribution in [0.4, 0.5) is 4.79 Å². The van der Waals surface area contributed by atoms with Gasteiger partial charge in [0, 0.05) is 17.1 Å². The quantitative estimate of drug-likeness (QED) is 0.836. The molecule has 1 spiro atoms. The third-order valence-corrected chi connectivity index (χ3v) is 5.33. The Labute approximate surface area is 159 Å². The first kappa shape index (κ1) is 19.0. The summed E-state index contributed by atoms with van der Waals surface area (Å²) in [6, 6.07) is 7.79. The van der Waals surface area contributed by atoms with E-state index in [1.54, 1.807) is 12.1 Å². The van der Waals surface area contributed by atoms with Crippen molar-refractivity contribution >= 4 is 23.6 Å². The summed E-state index contributed by atoms with van der Waals surface area (Å²) in [5, 5.41) is 6.71. The molecule has 0 atom stereocenters. The van der Waals surface area contributed by atoms with Gasteiger partial charge in [0.15, 0.2) is 0 Å². The monoisotopic (exact) mass is 378 g/mol. The number of halogens is 1. The molecule has 0 aliphatic heterocycles. The van der Waals surface area contributed by atoms with Crippen LogP contribution in [0.2, 0.25) is 5.02 Å². The normalized spacial score (nSPS) is 27.2. The molecule has 0 heterocycles. The Morgan fingerprint density at radius 3 is 2.15 bits per heavy atom. The topological polar surface area (TPSA) is 67.4 Å². The smallest absolute Gasteiger partial charge is 0.407 e. The highest BCUT2D eigenvalue weighted by Gasteiger charge is 2.53. The number of carbonyl (C=O) groups excluding carboxylic acids is 2. The van der Waals surface area contributed by atoms with Crippen LogP contribution < -0.4 is 10.6 Å². The Morgan fingerprint density at radius 2 is 1.62 bits per heavy atom. The molecular formula is C20H27ClN2O3. The number of hydrogen-bond acceptors (Lipinski definition) is 3. The molecule has 0 bridgehead atoms. The Bertz CT molecular complexity index is 667. The van der Waals surface area contributed by atoms with Crippen LogP contribution in [0.1, 0.15) is 52.0 Å². The lowest BCUT2D eigenvalue weighted by Crippen LogP contribution is -2.61. The van der Waals surface area contributed by atoms with Gasteiger partial charge in [-0.05, 0) is 69.6 Å². The van der Waals surface area contributed by atoms with E-state index in [2.05, 4.69) is 10.6 Å². The number of alkyl carbamates (subject to hydrolysis) is 1. The predicted molar refractivity (Wildman–Crippen MR) is 101 cm³/mol. The fourth-order valence-corrected chi connectivity index (χ4v) is 4.18. The third kappa shape index (κ3) is 4.91. The second-order valence-electron chi connectivity index (χ2n) is 8.73. The molecule has 0 aromatic heterocycles. The molecule has 2 amide bonds. The average molecular weight is 379 g/mol. The van der Waals surface area contributed by atoms with Crippen molar-refractivity contribution in [2.24, 2.45) is 5.41 Å². The average Bonchev–Trinajstić information content (AvgIpc) is 2.43. The van der Waals surface area contributed by atoms with Gasteiger partial charge >= 0.3 is 6.09 Å². The summed E-state index contributed by atoms with van der Waals surface area (Å²) >= 11 is 5.86. The molecule has 3 rings (SSSR count). The van der Waals surface area contributed by atoms with E-state index in [4.69, 9.17) is 16.3 Å². The van der Waals surface area contributed by atoms with Crippen LogP contribution in [0.15, 0.2) is 24.3 Å². The van der Waals surface area contributed by atoms with E-state index in [9.17, 15) is 9.59 Å². The molecule has 0 radical (unpaired) electrons. The van der Waals surface area contributed by atoms with E-state index < -0.39 is 5.60 Å². The summed E-state index contributed by atoms with van der Waals surface area (Å²) in [5.41, 5.74) is 0.783. The Morgan fingerprint density at radius 1 is 1.08 bits per heavy atom. The van der Waals surface area contributed by atoms with Crippen LogP contribution in [0.25, 0.3) is 0 Å². The van der Waals surface area contributed by atoms with Crippen molar-refractivity contribution in [3.05, 3.63) is 34.9 Å². The zero-order valence-electron chi connectivity index (χ0n) is 15.6. The maximum Gasteiger partial charge on any atom is 0.407 e. The van der Waals surface area contributed by atoms with Gasteiger partial charge in [0.05, 0.1) is 6.42 Å². The largest absolute Gasteiger partial charge is 0.444 e. The third-order valence-electron chi connectivity index (χ3n) is 5.08. The number of rotatable bonds is 4. The van der Waals surface area contributed by atoms with E-state index in [0.29, 0.717) is 11.4 Å². The molecule has 2 N–H and O–H groups in total. The van der Waals surface area contributed by atoms with Crippen molar-refractivity contribution in [3.8, 4) is 0 Å². The number of carbonyl (C=O) groups is 2. The molecule has 142 valence electrons. The zero-order chi connectivity index (χ0) is 18.9. The molecule has 5 nitrogen and oxygen atoms in total. The lowest BCUT2D eigenvalue weighted by molar-refractivity contribution is -0.124. The van der Waals surface area contributed by atoms with Crippen LogP contribution in [-0.4, -0.2) is 29.7 Å². The number of hydrogen-bond donors (Lipinski definition) is 2. The maximum absolute atomic E-state index is 12.1. The highest BCUT2D eigenvalue weighted by Crippen LogP contribution is 2.55. The van der Waals surface area contributed by atoms with Crippen molar-refractivity contribution in [2.75, 3.05) is 0 Å². The van der Waals surface area contributed by atoms with Gasteiger partial charge in [-0.3, -0.25) is 4.79 Å². The molecule has 2 fully saturated rings. The summed E-state index contributed by atoms with van der Waals surface area (Å²) in [6.45, 7) is 5.58. The Balaban J connectivity index is 1.34. The highest BCUT2D eigenvalue weighted by molar-refractivity contribution is 6.30. The number of nitrogens with one attached hydrogen (secondary N) is 2. The van der Waals surface area contributed by atoms with Gasteiger partial charge < -0.3 is 15.4 Å². The highest BCUT2D eigenvalue weighted by atomic mass is 35.5. The molecule has 1 aromatic carbocycles. The van der Waals surface area contributed by atoms with Gasteiger partial charge in [-0.2, -0.15) is 0 Å². The summed E-state index contributed by atoms with van der Waals surface area (Å²) in [6.07, 6.45) is 3.96. The van der Waals surface area contributed by atoms with E-state index in [0.717, 1.165) is 31.2 Å². The van der Waals surface area contributed by atoms with E-state index in [-0.39, 0.29) is 29.5 Å². The molecule has 1 aromatic rings. The summed E-state index contributed by atoms with van der Waals surface area (Å²) in [7, 11) is 0. The molecule has 0 saturated heterocycles. The van der Waals surface area contributed by atoms with E-state index in [1.807, 2.05) is 32.9 Å². The minimum atomic E-state index is -0.471. The first-order valence-corrected chi connectivity index (χ1v) is 9.54. The van der Waals surface area contributed by atoms with Crippen molar-refractivity contribution in [1.29, 1.82) is 0 Å². The van der Waals surface area contributed by atoms with Crippen molar-refractivity contribution < 1.29 is 14.3 Å². The lowest BCUT2D eigenvalue weighted by Gasteiger charge is -2.57. The zero-order valence-corrected chi connectivity index (χ0v) is 16.4. The number of ether oxygens (including phenoxy) is 1. The lowest BCUT2D eigenvalue weighted by atomic mass is 9.52. The van der Waals surface area contributed by atoms with E-state index >= 15 is 0 Å². The fourth-order valence-electron chi connectivity index (χ4n) is 4.05. The second-order valence-corrected chi connectivity index (χ2v) is 9.16. The van der Waals surface area contributed by atoms with Crippen LogP contribution in [0.3, 0.4) is 0 Å². The van der Waals surface area contributed by atoms with Crippen LogP contribution in [-0.2, 0) is 16.0 Å². The SMILES string of the molecule is CC(C)(C)OC(=O)NC1CC2(CC(NC(=O)Cc3ccc(Cl)cc3)C2)C1. The minimum absolute atomic E-state index is 0.0509.